The average molecular weight is 372 g/mol. The molecule has 0 radical (unpaired) electrons. The van der Waals surface area contributed by atoms with E-state index >= 15 is 0 Å². The van der Waals surface area contributed by atoms with E-state index in [0.717, 1.165) is 11.3 Å². The summed E-state index contributed by atoms with van der Waals surface area (Å²) in [5.74, 6) is 0.991. The number of nitrogens with one attached hydrogen (secondary N) is 1. The summed E-state index contributed by atoms with van der Waals surface area (Å²) in [7, 11) is 4.80. The molecule has 2 aromatic carbocycles. The van der Waals surface area contributed by atoms with E-state index in [0.29, 0.717) is 37.4 Å². The minimum Gasteiger partial charge on any atom is -0.497 e. The van der Waals surface area contributed by atoms with E-state index in [1.807, 2.05) is 24.3 Å². The molecule has 27 heavy (non-hydrogen) atoms. The quantitative estimate of drug-likeness (QED) is 0.812. The van der Waals surface area contributed by atoms with Crippen molar-refractivity contribution in [2.24, 2.45) is 5.41 Å². The van der Waals surface area contributed by atoms with Crippen LogP contribution in [0.1, 0.15) is 11.1 Å². The minimum absolute atomic E-state index is 0.0109. The molecule has 0 unspecified atom stereocenters. The van der Waals surface area contributed by atoms with Gasteiger partial charge in [0, 0.05) is 38.3 Å². The number of carbonyl (C=O) groups excluding carboxylic acids is 1. The van der Waals surface area contributed by atoms with Crippen molar-refractivity contribution in [3.05, 3.63) is 59.4 Å². The average Bonchev–Trinajstić information content (AvgIpc) is 2.66. The first-order valence-corrected chi connectivity index (χ1v) is 8.89. The van der Waals surface area contributed by atoms with Crippen molar-refractivity contribution in [1.29, 1.82) is 0 Å². The van der Waals surface area contributed by atoms with E-state index in [-0.39, 0.29) is 11.7 Å². The molecule has 2 aromatic rings. The van der Waals surface area contributed by atoms with E-state index in [1.54, 1.807) is 26.3 Å². The predicted molar refractivity (Wildman–Crippen MR) is 101 cm³/mol. The monoisotopic (exact) mass is 372 g/mol. The number of carbonyl (C=O) groups is 1. The van der Waals surface area contributed by atoms with Crippen LogP contribution in [0.2, 0.25) is 0 Å². The normalized spacial score (nSPS) is 15.7. The molecule has 1 amide bonds. The van der Waals surface area contributed by atoms with Crippen molar-refractivity contribution in [2.45, 2.75) is 13.0 Å². The number of likely N-dealkylation sites (tertiary alicyclic amines) is 1. The van der Waals surface area contributed by atoms with Gasteiger partial charge in [-0.25, -0.2) is 4.39 Å². The van der Waals surface area contributed by atoms with Gasteiger partial charge in [-0.1, -0.05) is 18.2 Å². The Balaban J connectivity index is 1.71. The fourth-order valence-corrected chi connectivity index (χ4v) is 3.72. The van der Waals surface area contributed by atoms with Crippen molar-refractivity contribution in [3.8, 4) is 11.5 Å². The maximum Gasteiger partial charge on any atom is 0.228 e. The highest BCUT2D eigenvalue weighted by molar-refractivity contribution is 5.84. The van der Waals surface area contributed by atoms with Crippen molar-refractivity contribution in [1.82, 2.24) is 10.2 Å². The zero-order valence-electron chi connectivity index (χ0n) is 15.9. The maximum absolute atomic E-state index is 14.2. The van der Waals surface area contributed by atoms with Gasteiger partial charge in [0.2, 0.25) is 5.91 Å². The first-order chi connectivity index (χ1) is 13.0. The van der Waals surface area contributed by atoms with Crippen LogP contribution < -0.4 is 14.8 Å². The summed E-state index contributed by atoms with van der Waals surface area (Å²) in [5, 5.41) is 2.78. The lowest BCUT2D eigenvalue weighted by atomic mass is 9.73. The fraction of sp³-hybridized carbons (Fsp3) is 0.381. The Bertz CT molecular complexity index is 819. The third kappa shape index (κ3) is 4.06. The first-order valence-electron chi connectivity index (χ1n) is 8.89. The Morgan fingerprint density at radius 2 is 1.85 bits per heavy atom. The predicted octanol–water partition coefficient (Wildman–Crippen LogP) is 2.63. The van der Waals surface area contributed by atoms with Crippen LogP contribution in [-0.4, -0.2) is 45.2 Å². The van der Waals surface area contributed by atoms with Gasteiger partial charge in [-0.2, -0.15) is 0 Å². The van der Waals surface area contributed by atoms with Crippen LogP contribution in [0, 0.1) is 11.2 Å². The molecule has 1 heterocycles. The first kappa shape index (κ1) is 19.2. The number of amides is 1. The zero-order valence-corrected chi connectivity index (χ0v) is 15.9. The van der Waals surface area contributed by atoms with E-state index in [1.165, 1.54) is 13.2 Å². The molecule has 0 saturated carbocycles. The largest absolute Gasteiger partial charge is 0.497 e. The lowest BCUT2D eigenvalue weighted by Gasteiger charge is -2.49. The molecular formula is C21H25FN2O3. The number of benzene rings is 2. The highest BCUT2D eigenvalue weighted by Crippen LogP contribution is 2.36. The molecule has 0 atom stereocenters. The van der Waals surface area contributed by atoms with Crippen LogP contribution in [-0.2, 0) is 17.8 Å². The summed E-state index contributed by atoms with van der Waals surface area (Å²) in [5.41, 5.74) is 1.14. The van der Waals surface area contributed by atoms with Crippen LogP contribution in [0.4, 0.5) is 4.39 Å². The van der Waals surface area contributed by atoms with Gasteiger partial charge >= 0.3 is 0 Å². The Labute approximate surface area is 159 Å². The molecule has 144 valence electrons. The number of nitrogens with zero attached hydrogens (tertiary/aromatic N) is 1. The van der Waals surface area contributed by atoms with Crippen LogP contribution in [0.3, 0.4) is 0 Å². The van der Waals surface area contributed by atoms with Gasteiger partial charge < -0.3 is 14.8 Å². The van der Waals surface area contributed by atoms with Crippen molar-refractivity contribution in [2.75, 3.05) is 34.4 Å². The van der Waals surface area contributed by atoms with Gasteiger partial charge in [-0.3, -0.25) is 9.69 Å². The molecule has 1 saturated heterocycles. The van der Waals surface area contributed by atoms with E-state index < -0.39 is 5.41 Å². The number of methoxy groups -OCH3 is 2. The van der Waals surface area contributed by atoms with E-state index in [4.69, 9.17) is 9.47 Å². The molecule has 3 rings (SSSR count). The number of halogens is 1. The van der Waals surface area contributed by atoms with Crippen LogP contribution >= 0.6 is 0 Å². The van der Waals surface area contributed by atoms with Gasteiger partial charge in [0.25, 0.3) is 0 Å². The second kappa shape index (κ2) is 7.96. The molecule has 1 N–H and O–H groups in total. The van der Waals surface area contributed by atoms with Crippen molar-refractivity contribution < 1.29 is 18.7 Å². The zero-order chi connectivity index (χ0) is 19.4. The van der Waals surface area contributed by atoms with E-state index in [9.17, 15) is 9.18 Å². The molecule has 1 fully saturated rings. The summed E-state index contributed by atoms with van der Waals surface area (Å²) >= 11 is 0. The van der Waals surface area contributed by atoms with Crippen LogP contribution in [0.25, 0.3) is 0 Å². The lowest BCUT2D eigenvalue weighted by Crippen LogP contribution is -2.63. The Morgan fingerprint density at radius 1 is 1.15 bits per heavy atom. The van der Waals surface area contributed by atoms with Gasteiger partial charge in [0.15, 0.2) is 0 Å². The number of ether oxygens (including phenoxy) is 2. The second-order valence-electron chi connectivity index (χ2n) is 6.99. The molecule has 6 heteroatoms. The number of hydrogen-bond donors (Lipinski definition) is 1. The summed E-state index contributed by atoms with van der Waals surface area (Å²) < 4.78 is 24.5. The Hall–Kier alpha value is -2.60. The smallest absolute Gasteiger partial charge is 0.228 e. The topological polar surface area (TPSA) is 50.8 Å². The second-order valence-corrected chi connectivity index (χ2v) is 6.99. The Kier molecular flexibility index (Phi) is 5.65. The SMILES string of the molecule is CNC(=O)C1(Cc2cccc(OC)c2)CN(Cc2ccc(OC)cc2F)C1. The van der Waals surface area contributed by atoms with Crippen molar-refractivity contribution >= 4 is 5.91 Å². The molecule has 0 aromatic heterocycles. The molecule has 0 aliphatic carbocycles. The summed E-state index contributed by atoms with van der Waals surface area (Å²) in [6.45, 7) is 1.62. The van der Waals surface area contributed by atoms with Gasteiger partial charge in [-0.05, 0) is 30.2 Å². The molecule has 0 bridgehead atoms. The summed E-state index contributed by atoms with van der Waals surface area (Å²) in [6.07, 6.45) is 0.617. The molecule has 1 aliphatic rings. The minimum atomic E-state index is -0.510. The summed E-state index contributed by atoms with van der Waals surface area (Å²) in [6, 6.07) is 12.6. The number of hydrogen-bond acceptors (Lipinski definition) is 4. The lowest BCUT2D eigenvalue weighted by molar-refractivity contribution is -0.141. The maximum atomic E-state index is 14.2. The molecular weight excluding hydrogens is 347 g/mol. The Morgan fingerprint density at radius 3 is 2.48 bits per heavy atom. The standard InChI is InChI=1S/C21H25FN2O3/c1-23-20(25)21(11-15-5-4-6-17(9-15)26-2)13-24(14-21)12-16-7-8-18(27-3)10-19(16)22/h4-10H,11-14H2,1-3H3,(H,23,25). The van der Waals surface area contributed by atoms with Gasteiger partial charge in [0.1, 0.15) is 17.3 Å². The van der Waals surface area contributed by atoms with Crippen LogP contribution in [0.5, 0.6) is 11.5 Å². The summed E-state index contributed by atoms with van der Waals surface area (Å²) in [4.78, 5) is 14.6. The third-order valence-corrected chi connectivity index (χ3v) is 5.09. The van der Waals surface area contributed by atoms with Gasteiger partial charge in [-0.15, -0.1) is 0 Å². The number of rotatable bonds is 7. The van der Waals surface area contributed by atoms with Gasteiger partial charge in [0.05, 0.1) is 19.6 Å². The van der Waals surface area contributed by atoms with Crippen molar-refractivity contribution in [3.63, 3.8) is 0 Å². The highest BCUT2D eigenvalue weighted by atomic mass is 19.1. The molecule has 0 spiro atoms. The molecule has 1 aliphatic heterocycles. The third-order valence-electron chi connectivity index (χ3n) is 5.09. The fourth-order valence-electron chi connectivity index (χ4n) is 3.72. The van der Waals surface area contributed by atoms with E-state index in [2.05, 4.69) is 10.2 Å². The van der Waals surface area contributed by atoms with Crippen LogP contribution in [0.15, 0.2) is 42.5 Å². The highest BCUT2D eigenvalue weighted by Gasteiger charge is 2.48. The molecule has 5 nitrogen and oxygen atoms in total.